The van der Waals surface area contributed by atoms with Gasteiger partial charge in [-0.3, -0.25) is 4.79 Å². The third-order valence-corrected chi connectivity index (χ3v) is 2.61. The van der Waals surface area contributed by atoms with Crippen molar-refractivity contribution in [3.63, 3.8) is 0 Å². The molecule has 0 fully saturated rings. The van der Waals surface area contributed by atoms with Gasteiger partial charge in [-0.25, -0.2) is 4.98 Å². The van der Waals surface area contributed by atoms with Gasteiger partial charge in [-0.2, -0.15) is 0 Å². The van der Waals surface area contributed by atoms with E-state index < -0.39 is 0 Å². The number of fused-ring (bicyclic) bond motifs is 2. The number of benzene rings is 1. The molecule has 3 rings (SSSR count). The van der Waals surface area contributed by atoms with Gasteiger partial charge in [0.2, 0.25) is 0 Å². The summed E-state index contributed by atoms with van der Waals surface area (Å²) >= 11 is 0. The zero-order valence-corrected chi connectivity index (χ0v) is 8.43. The van der Waals surface area contributed by atoms with E-state index in [9.17, 15) is 9.90 Å². The first-order valence-electron chi connectivity index (χ1n) is 5.06. The molecular weight excluding hydrogens is 206 g/mol. The lowest BCUT2D eigenvalue weighted by molar-refractivity contribution is 0.384. The fourth-order valence-corrected chi connectivity index (χ4v) is 1.81. The average molecular weight is 215 g/mol. The van der Waals surface area contributed by atoms with Crippen molar-refractivity contribution in [1.29, 1.82) is 0 Å². The number of aliphatic hydroxyl groups excluding tert-OH is 1. The standard InChI is InChI=1S/C12H9NO3/c14-7-1-3-9-11(5-7)16-12-6-8(15)2-4-10(12)13-9/h1,3,5-6,15H,2,4H2. The van der Waals surface area contributed by atoms with Crippen molar-refractivity contribution in [1.82, 2.24) is 4.98 Å². The van der Waals surface area contributed by atoms with Gasteiger partial charge in [0.25, 0.3) is 0 Å². The van der Waals surface area contributed by atoms with Crippen molar-refractivity contribution in [2.75, 3.05) is 0 Å². The lowest BCUT2D eigenvalue weighted by atomic mass is 10.1. The Morgan fingerprint density at radius 2 is 2.19 bits per heavy atom. The number of hydrogen-bond donors (Lipinski definition) is 1. The van der Waals surface area contributed by atoms with E-state index in [4.69, 9.17) is 4.42 Å². The first-order valence-corrected chi connectivity index (χ1v) is 5.06. The highest BCUT2D eigenvalue weighted by Gasteiger charge is 2.17. The second-order valence-corrected chi connectivity index (χ2v) is 3.79. The summed E-state index contributed by atoms with van der Waals surface area (Å²) in [5, 5.41) is 9.39. The van der Waals surface area contributed by atoms with Gasteiger partial charge in [0, 0.05) is 25.0 Å². The Hall–Kier alpha value is -2.10. The monoisotopic (exact) mass is 215 g/mol. The number of allylic oxidation sites excluding steroid dienone is 1. The molecule has 0 radical (unpaired) electrons. The zero-order chi connectivity index (χ0) is 11.1. The van der Waals surface area contributed by atoms with E-state index in [1.807, 2.05) is 0 Å². The van der Waals surface area contributed by atoms with Gasteiger partial charge < -0.3 is 9.52 Å². The smallest absolute Gasteiger partial charge is 0.182 e. The molecule has 0 aromatic rings. The molecule has 0 saturated carbocycles. The van der Waals surface area contributed by atoms with Crippen LogP contribution in [-0.4, -0.2) is 10.1 Å². The van der Waals surface area contributed by atoms with E-state index in [1.165, 1.54) is 12.1 Å². The Bertz CT molecular complexity index is 612. The Kier molecular flexibility index (Phi) is 1.83. The van der Waals surface area contributed by atoms with E-state index in [2.05, 4.69) is 4.98 Å². The van der Waals surface area contributed by atoms with Gasteiger partial charge in [0.1, 0.15) is 5.69 Å². The summed E-state index contributed by atoms with van der Waals surface area (Å²) < 4.78 is 5.54. The highest BCUT2D eigenvalue weighted by Crippen LogP contribution is 2.27. The Labute approximate surface area is 91.2 Å². The molecule has 0 aromatic carbocycles. The number of nitrogens with zero attached hydrogens (tertiary/aromatic N) is 1. The number of rotatable bonds is 0. The molecule has 4 nitrogen and oxygen atoms in total. The molecule has 0 saturated heterocycles. The number of aryl methyl sites for hydroxylation is 1. The number of aromatic nitrogens is 1. The lowest BCUT2D eigenvalue weighted by Gasteiger charge is -2.13. The summed E-state index contributed by atoms with van der Waals surface area (Å²) in [4.78, 5) is 15.6. The number of hydrogen-bond acceptors (Lipinski definition) is 4. The van der Waals surface area contributed by atoms with Crippen molar-refractivity contribution in [3.8, 4) is 11.5 Å². The van der Waals surface area contributed by atoms with Crippen LogP contribution >= 0.6 is 0 Å². The second-order valence-electron chi connectivity index (χ2n) is 3.79. The average Bonchev–Trinajstić information content (AvgIpc) is 2.26. The van der Waals surface area contributed by atoms with E-state index in [-0.39, 0.29) is 11.2 Å². The first-order chi connectivity index (χ1) is 7.72. The van der Waals surface area contributed by atoms with Crippen LogP contribution in [0.5, 0.6) is 0 Å². The van der Waals surface area contributed by atoms with Crippen molar-refractivity contribution in [2.45, 2.75) is 12.8 Å². The molecule has 1 heterocycles. The Balaban J connectivity index is 2.30. The van der Waals surface area contributed by atoms with Gasteiger partial charge in [0.15, 0.2) is 16.9 Å². The summed E-state index contributed by atoms with van der Waals surface area (Å²) in [7, 11) is 0. The summed E-state index contributed by atoms with van der Waals surface area (Å²) in [5.41, 5.74) is 1.39. The van der Waals surface area contributed by atoms with E-state index in [0.29, 0.717) is 30.1 Å². The quantitative estimate of drug-likeness (QED) is 0.729. The lowest BCUT2D eigenvalue weighted by Crippen LogP contribution is -2.06. The summed E-state index contributed by atoms with van der Waals surface area (Å²) in [5.74, 6) is 1.29. The van der Waals surface area contributed by atoms with Crippen LogP contribution in [0.25, 0.3) is 17.5 Å². The molecular formula is C12H9NO3. The van der Waals surface area contributed by atoms with Crippen molar-refractivity contribution in [2.24, 2.45) is 0 Å². The van der Waals surface area contributed by atoms with Crippen LogP contribution in [-0.2, 0) is 6.42 Å². The second kappa shape index (κ2) is 3.20. The van der Waals surface area contributed by atoms with Crippen LogP contribution in [0, 0.1) is 0 Å². The molecule has 1 N–H and O–H groups in total. The third kappa shape index (κ3) is 1.39. The normalized spacial score (nSPS) is 14.6. The molecule has 16 heavy (non-hydrogen) atoms. The van der Waals surface area contributed by atoms with Gasteiger partial charge in [-0.05, 0) is 12.1 Å². The minimum atomic E-state index is -0.109. The van der Waals surface area contributed by atoms with E-state index in [1.54, 1.807) is 12.1 Å². The van der Waals surface area contributed by atoms with Gasteiger partial charge in [-0.1, -0.05) is 0 Å². The van der Waals surface area contributed by atoms with Crippen LogP contribution < -0.4 is 5.43 Å². The molecule has 0 bridgehead atoms. The predicted octanol–water partition coefficient (Wildman–Crippen LogP) is 1.98. The van der Waals surface area contributed by atoms with Crippen LogP contribution in [0.4, 0.5) is 0 Å². The summed E-state index contributed by atoms with van der Waals surface area (Å²) in [6, 6.07) is 4.52. The Morgan fingerprint density at radius 3 is 3.06 bits per heavy atom. The molecule has 4 heteroatoms. The molecule has 3 aliphatic rings. The van der Waals surface area contributed by atoms with Crippen molar-refractivity contribution >= 4 is 6.08 Å². The topological polar surface area (TPSA) is 63.3 Å². The predicted molar refractivity (Wildman–Crippen MR) is 58.3 cm³/mol. The van der Waals surface area contributed by atoms with Crippen LogP contribution in [0.3, 0.4) is 0 Å². The molecule has 0 aromatic heterocycles. The van der Waals surface area contributed by atoms with Gasteiger partial charge in [-0.15, -0.1) is 0 Å². The number of aliphatic hydroxyl groups is 1. The van der Waals surface area contributed by atoms with Crippen molar-refractivity contribution in [3.05, 3.63) is 45.6 Å². The minimum absolute atomic E-state index is 0.109. The van der Waals surface area contributed by atoms with E-state index in [0.717, 1.165) is 5.69 Å². The van der Waals surface area contributed by atoms with Crippen molar-refractivity contribution < 1.29 is 9.52 Å². The van der Waals surface area contributed by atoms with E-state index >= 15 is 0 Å². The maximum atomic E-state index is 11.2. The molecule has 2 aliphatic carbocycles. The first kappa shape index (κ1) is 9.15. The Morgan fingerprint density at radius 1 is 1.31 bits per heavy atom. The SMILES string of the molecule is O=c1ccc2nc3c(oc-2c1)C=C(O)CC3. The fourth-order valence-electron chi connectivity index (χ4n) is 1.81. The minimum Gasteiger partial charge on any atom is -0.512 e. The zero-order valence-electron chi connectivity index (χ0n) is 8.43. The fraction of sp³-hybridized carbons (Fsp3) is 0.167. The maximum absolute atomic E-state index is 11.2. The summed E-state index contributed by atoms with van der Waals surface area (Å²) in [6.07, 6.45) is 2.81. The van der Waals surface area contributed by atoms with Crippen LogP contribution in [0.2, 0.25) is 0 Å². The largest absolute Gasteiger partial charge is 0.512 e. The molecule has 0 spiro atoms. The molecule has 0 unspecified atom stereocenters. The summed E-state index contributed by atoms with van der Waals surface area (Å²) in [6.45, 7) is 0. The van der Waals surface area contributed by atoms with Gasteiger partial charge in [0.05, 0.1) is 11.5 Å². The third-order valence-electron chi connectivity index (χ3n) is 2.61. The van der Waals surface area contributed by atoms with Gasteiger partial charge >= 0.3 is 0 Å². The maximum Gasteiger partial charge on any atom is 0.182 e. The molecule has 80 valence electrons. The molecule has 0 atom stereocenters. The highest BCUT2D eigenvalue weighted by atomic mass is 16.3. The molecule has 1 aliphatic heterocycles. The molecule has 0 amide bonds. The highest BCUT2D eigenvalue weighted by molar-refractivity contribution is 5.58. The van der Waals surface area contributed by atoms with Crippen LogP contribution in [0.1, 0.15) is 17.9 Å². The van der Waals surface area contributed by atoms with Crippen LogP contribution in [0.15, 0.2) is 33.2 Å².